The molecule has 1 heterocycles. The summed E-state index contributed by atoms with van der Waals surface area (Å²) in [4.78, 5) is 12.9. The Morgan fingerprint density at radius 1 is 1.17 bits per heavy atom. The van der Waals surface area contributed by atoms with E-state index in [1.165, 1.54) is 12.1 Å². The molecule has 118 valence electrons. The third kappa shape index (κ3) is 2.98. The molecule has 0 saturated carbocycles. The van der Waals surface area contributed by atoms with Crippen LogP contribution in [-0.4, -0.2) is 5.78 Å². The largest absolute Gasteiger partial charge is 0.396 e. The van der Waals surface area contributed by atoms with Gasteiger partial charge >= 0.3 is 0 Å². The third-order valence-electron chi connectivity index (χ3n) is 3.38. The highest BCUT2D eigenvalue weighted by Crippen LogP contribution is 2.38. The molecule has 4 nitrogen and oxygen atoms in total. The molecule has 2 aromatic carbocycles. The van der Waals surface area contributed by atoms with Crippen molar-refractivity contribution in [1.82, 2.24) is 0 Å². The van der Waals surface area contributed by atoms with Crippen LogP contribution in [0, 0.1) is 17.1 Å². The second-order valence-corrected chi connectivity index (χ2v) is 6.01. The predicted molar refractivity (Wildman–Crippen MR) is 93.0 cm³/mol. The summed E-state index contributed by atoms with van der Waals surface area (Å²) in [6.45, 7) is 0. The summed E-state index contributed by atoms with van der Waals surface area (Å²) in [5.74, 6) is -0.648. The van der Waals surface area contributed by atoms with Crippen LogP contribution in [0.25, 0.3) is 0 Å². The van der Waals surface area contributed by atoms with Gasteiger partial charge in [0.1, 0.15) is 27.3 Å². The van der Waals surface area contributed by atoms with E-state index in [9.17, 15) is 14.4 Å². The number of nitrogens with one attached hydrogen (secondary N) is 1. The van der Waals surface area contributed by atoms with Crippen molar-refractivity contribution < 1.29 is 9.18 Å². The zero-order chi connectivity index (χ0) is 17.1. The fourth-order valence-electron chi connectivity index (χ4n) is 2.23. The van der Waals surface area contributed by atoms with E-state index in [2.05, 4.69) is 5.32 Å². The van der Waals surface area contributed by atoms with E-state index in [1.54, 1.807) is 36.4 Å². The Balaban J connectivity index is 2.00. The first-order valence-corrected chi connectivity index (χ1v) is 7.86. The molecule has 3 aromatic rings. The van der Waals surface area contributed by atoms with Gasteiger partial charge in [0.2, 0.25) is 5.78 Å². The van der Waals surface area contributed by atoms with Gasteiger partial charge in [-0.3, -0.25) is 4.79 Å². The molecular weight excluding hydrogens is 325 g/mol. The highest BCUT2D eigenvalue weighted by molar-refractivity contribution is 7.19. The van der Waals surface area contributed by atoms with Crippen molar-refractivity contribution >= 4 is 33.5 Å². The van der Waals surface area contributed by atoms with Crippen molar-refractivity contribution in [2.45, 2.75) is 0 Å². The van der Waals surface area contributed by atoms with Crippen LogP contribution in [0.5, 0.6) is 0 Å². The highest BCUT2D eigenvalue weighted by Gasteiger charge is 2.22. The van der Waals surface area contributed by atoms with Crippen LogP contribution >= 0.6 is 11.3 Å². The SMILES string of the molecule is N#Cc1c(Nc2cccc(F)c2)sc(C(=O)c2ccccc2)c1N. The summed E-state index contributed by atoms with van der Waals surface area (Å²) in [5.41, 5.74) is 7.28. The van der Waals surface area contributed by atoms with Gasteiger partial charge in [-0.25, -0.2) is 4.39 Å². The lowest BCUT2D eigenvalue weighted by Gasteiger charge is -2.03. The van der Waals surface area contributed by atoms with Crippen LogP contribution in [0.2, 0.25) is 0 Å². The Labute approximate surface area is 142 Å². The van der Waals surface area contributed by atoms with Gasteiger partial charge in [-0.2, -0.15) is 5.26 Å². The van der Waals surface area contributed by atoms with Gasteiger partial charge < -0.3 is 11.1 Å². The maximum absolute atomic E-state index is 13.3. The molecule has 0 aliphatic heterocycles. The number of nitriles is 1. The minimum atomic E-state index is -0.399. The number of thiophene rings is 1. The standard InChI is InChI=1S/C18H12FN3OS/c19-12-7-4-8-13(9-12)22-18-14(10-20)15(21)17(24-18)16(23)11-5-2-1-3-6-11/h1-9,22H,21H2. The number of hydrogen-bond acceptors (Lipinski definition) is 5. The van der Waals surface area contributed by atoms with Crippen LogP contribution in [0.4, 0.5) is 20.8 Å². The van der Waals surface area contributed by atoms with E-state index in [0.29, 0.717) is 16.3 Å². The van der Waals surface area contributed by atoms with E-state index >= 15 is 0 Å². The molecule has 0 unspecified atom stereocenters. The first kappa shape index (κ1) is 15.7. The number of nitrogens with two attached hydrogens (primary N) is 1. The number of halogens is 1. The van der Waals surface area contributed by atoms with Crippen molar-refractivity contribution in [1.29, 1.82) is 5.26 Å². The average molecular weight is 337 g/mol. The number of benzene rings is 2. The number of rotatable bonds is 4. The fraction of sp³-hybridized carbons (Fsp3) is 0. The van der Waals surface area contributed by atoms with Crippen molar-refractivity contribution in [2.75, 3.05) is 11.1 Å². The Kier molecular flexibility index (Phi) is 4.27. The maximum Gasteiger partial charge on any atom is 0.205 e. The molecule has 0 bridgehead atoms. The van der Waals surface area contributed by atoms with Gasteiger partial charge in [0, 0.05) is 11.3 Å². The normalized spacial score (nSPS) is 10.2. The molecule has 0 radical (unpaired) electrons. The van der Waals surface area contributed by atoms with E-state index in [-0.39, 0.29) is 21.9 Å². The van der Waals surface area contributed by atoms with Gasteiger partial charge in [-0.05, 0) is 18.2 Å². The summed E-state index contributed by atoms with van der Waals surface area (Å²) in [7, 11) is 0. The van der Waals surface area contributed by atoms with Crippen molar-refractivity contribution in [3.63, 3.8) is 0 Å². The van der Waals surface area contributed by atoms with Crippen LogP contribution in [0.1, 0.15) is 20.8 Å². The topological polar surface area (TPSA) is 78.9 Å². The van der Waals surface area contributed by atoms with Crippen LogP contribution in [-0.2, 0) is 0 Å². The van der Waals surface area contributed by atoms with Gasteiger partial charge in [-0.1, -0.05) is 36.4 Å². The lowest BCUT2D eigenvalue weighted by Crippen LogP contribution is -2.02. The molecule has 0 aliphatic carbocycles. The maximum atomic E-state index is 13.3. The molecule has 0 atom stereocenters. The summed E-state index contributed by atoms with van der Waals surface area (Å²) < 4.78 is 13.3. The lowest BCUT2D eigenvalue weighted by molar-refractivity contribution is 0.104. The molecule has 0 aliphatic rings. The molecular formula is C18H12FN3OS. The van der Waals surface area contributed by atoms with Crippen molar-refractivity contribution in [2.24, 2.45) is 0 Å². The summed E-state index contributed by atoms with van der Waals surface area (Å²) >= 11 is 1.08. The number of nitrogen functional groups attached to an aromatic ring is 1. The minimum Gasteiger partial charge on any atom is -0.396 e. The van der Waals surface area contributed by atoms with Crippen LogP contribution < -0.4 is 11.1 Å². The summed E-state index contributed by atoms with van der Waals surface area (Å²) in [6, 6.07) is 16.5. The quantitative estimate of drug-likeness (QED) is 0.695. The smallest absolute Gasteiger partial charge is 0.205 e. The number of anilines is 3. The number of hydrogen-bond donors (Lipinski definition) is 2. The van der Waals surface area contributed by atoms with E-state index in [4.69, 9.17) is 5.73 Å². The van der Waals surface area contributed by atoms with Crippen LogP contribution in [0.15, 0.2) is 54.6 Å². The van der Waals surface area contributed by atoms with Crippen molar-refractivity contribution in [3.8, 4) is 6.07 Å². The minimum absolute atomic E-state index is 0.134. The Bertz CT molecular complexity index is 945. The molecule has 0 saturated heterocycles. The highest BCUT2D eigenvalue weighted by atomic mass is 32.1. The molecule has 6 heteroatoms. The molecule has 24 heavy (non-hydrogen) atoms. The predicted octanol–water partition coefficient (Wildman–Crippen LogP) is 4.32. The van der Waals surface area contributed by atoms with Crippen molar-refractivity contribution in [3.05, 3.63) is 76.4 Å². The second-order valence-electron chi connectivity index (χ2n) is 4.99. The van der Waals surface area contributed by atoms with E-state index in [1.807, 2.05) is 12.1 Å². The van der Waals surface area contributed by atoms with Gasteiger partial charge in [-0.15, -0.1) is 11.3 Å². The first-order chi connectivity index (χ1) is 11.6. The molecule has 3 N–H and O–H groups in total. The van der Waals surface area contributed by atoms with Gasteiger partial charge in [0.15, 0.2) is 0 Å². The van der Waals surface area contributed by atoms with Gasteiger partial charge in [0.05, 0.1) is 5.69 Å². The summed E-state index contributed by atoms with van der Waals surface area (Å²) in [6.07, 6.45) is 0. The van der Waals surface area contributed by atoms with E-state index in [0.717, 1.165) is 11.3 Å². The molecule has 0 spiro atoms. The number of ketones is 1. The number of nitrogens with zero attached hydrogens (tertiary/aromatic N) is 1. The zero-order valence-corrected chi connectivity index (χ0v) is 13.2. The molecule has 1 aromatic heterocycles. The Morgan fingerprint density at radius 3 is 2.58 bits per heavy atom. The third-order valence-corrected chi connectivity index (χ3v) is 4.50. The number of carbonyl (C=O) groups excluding carboxylic acids is 1. The Hall–Kier alpha value is -3.17. The zero-order valence-electron chi connectivity index (χ0n) is 12.4. The average Bonchev–Trinajstić information content (AvgIpc) is 2.90. The van der Waals surface area contributed by atoms with Gasteiger partial charge in [0.25, 0.3) is 0 Å². The Morgan fingerprint density at radius 2 is 1.92 bits per heavy atom. The fourth-order valence-corrected chi connectivity index (χ4v) is 3.28. The second kappa shape index (κ2) is 6.52. The molecule has 0 fully saturated rings. The number of carbonyl (C=O) groups is 1. The summed E-state index contributed by atoms with van der Waals surface area (Å²) in [5, 5.41) is 12.7. The van der Waals surface area contributed by atoms with E-state index < -0.39 is 5.82 Å². The molecule has 3 rings (SSSR count). The first-order valence-electron chi connectivity index (χ1n) is 7.05. The lowest BCUT2D eigenvalue weighted by atomic mass is 10.1. The monoisotopic (exact) mass is 337 g/mol. The molecule has 0 amide bonds. The van der Waals surface area contributed by atoms with Crippen LogP contribution in [0.3, 0.4) is 0 Å².